The van der Waals surface area contributed by atoms with E-state index in [1.54, 1.807) is 12.1 Å². The van der Waals surface area contributed by atoms with Crippen molar-refractivity contribution in [1.82, 2.24) is 4.90 Å². The number of nitrogens with zero attached hydrogens (tertiary/aromatic N) is 1. The van der Waals surface area contributed by atoms with Crippen LogP contribution < -0.4 is 0 Å². The zero-order valence-corrected chi connectivity index (χ0v) is 13.8. The maximum atomic E-state index is 12.8. The lowest BCUT2D eigenvalue weighted by molar-refractivity contribution is 0.0729. The van der Waals surface area contributed by atoms with Crippen molar-refractivity contribution in [3.05, 3.63) is 65.7 Å². The highest BCUT2D eigenvalue weighted by molar-refractivity contribution is 7.90. The molecular formula is C18H19NO3S. The third-order valence-corrected chi connectivity index (χ3v) is 5.06. The standard InChI is InChI=1S/C18H19NO3S/c1-23(21,22)17-9-5-8-15(12-17)18(20)19(16-10-11-16)13-14-6-3-2-4-7-14/h2-9,12,16H,10-11,13H2,1H3. The summed E-state index contributed by atoms with van der Waals surface area (Å²) in [5, 5.41) is 0. The van der Waals surface area contributed by atoms with E-state index in [-0.39, 0.29) is 16.8 Å². The fourth-order valence-electron chi connectivity index (χ4n) is 2.56. The Kier molecular flexibility index (Phi) is 4.22. The average molecular weight is 329 g/mol. The summed E-state index contributed by atoms with van der Waals surface area (Å²) < 4.78 is 23.4. The average Bonchev–Trinajstić information content (AvgIpc) is 3.37. The number of carbonyl (C=O) groups excluding carboxylic acids is 1. The van der Waals surface area contributed by atoms with E-state index in [4.69, 9.17) is 0 Å². The van der Waals surface area contributed by atoms with E-state index in [1.807, 2.05) is 35.2 Å². The van der Waals surface area contributed by atoms with Crippen LogP contribution in [0.15, 0.2) is 59.5 Å². The number of amides is 1. The zero-order valence-electron chi connectivity index (χ0n) is 13.0. The molecule has 0 aromatic heterocycles. The molecule has 1 aliphatic rings. The summed E-state index contributed by atoms with van der Waals surface area (Å²) >= 11 is 0. The van der Waals surface area contributed by atoms with Crippen LogP contribution in [0.5, 0.6) is 0 Å². The number of carbonyl (C=O) groups is 1. The van der Waals surface area contributed by atoms with Gasteiger partial charge in [0.2, 0.25) is 0 Å². The molecule has 0 spiro atoms. The van der Waals surface area contributed by atoms with Gasteiger partial charge in [0.25, 0.3) is 5.91 Å². The summed E-state index contributed by atoms with van der Waals surface area (Å²) in [6.45, 7) is 0.549. The van der Waals surface area contributed by atoms with Crippen LogP contribution in [0.25, 0.3) is 0 Å². The third-order valence-electron chi connectivity index (χ3n) is 3.95. The van der Waals surface area contributed by atoms with E-state index in [9.17, 15) is 13.2 Å². The van der Waals surface area contributed by atoms with Gasteiger partial charge in [-0.15, -0.1) is 0 Å². The lowest BCUT2D eigenvalue weighted by Gasteiger charge is -2.23. The number of hydrogen-bond acceptors (Lipinski definition) is 3. The monoisotopic (exact) mass is 329 g/mol. The molecule has 4 nitrogen and oxygen atoms in total. The van der Waals surface area contributed by atoms with Crippen LogP contribution in [0.4, 0.5) is 0 Å². The largest absolute Gasteiger partial charge is 0.331 e. The molecule has 1 fully saturated rings. The van der Waals surface area contributed by atoms with E-state index in [1.165, 1.54) is 12.1 Å². The van der Waals surface area contributed by atoms with Gasteiger partial charge in [0.15, 0.2) is 9.84 Å². The van der Waals surface area contributed by atoms with Gasteiger partial charge in [-0.3, -0.25) is 4.79 Å². The predicted octanol–water partition coefficient (Wildman–Crippen LogP) is 2.89. The van der Waals surface area contributed by atoms with Gasteiger partial charge in [-0.1, -0.05) is 36.4 Å². The molecule has 0 aliphatic heterocycles. The Morgan fingerprint density at radius 2 is 1.78 bits per heavy atom. The Morgan fingerprint density at radius 3 is 2.39 bits per heavy atom. The number of benzene rings is 2. The molecule has 0 radical (unpaired) electrons. The predicted molar refractivity (Wildman–Crippen MR) is 88.9 cm³/mol. The van der Waals surface area contributed by atoms with Crippen molar-refractivity contribution in [3.63, 3.8) is 0 Å². The van der Waals surface area contributed by atoms with Crippen LogP contribution in [-0.4, -0.2) is 31.5 Å². The smallest absolute Gasteiger partial charge is 0.254 e. The minimum Gasteiger partial charge on any atom is -0.331 e. The molecule has 5 heteroatoms. The highest BCUT2D eigenvalue weighted by atomic mass is 32.2. The van der Waals surface area contributed by atoms with Crippen molar-refractivity contribution in [1.29, 1.82) is 0 Å². The van der Waals surface area contributed by atoms with Crippen molar-refractivity contribution in [2.24, 2.45) is 0 Å². The molecule has 0 atom stereocenters. The Balaban J connectivity index is 1.87. The lowest BCUT2D eigenvalue weighted by Crippen LogP contribution is -2.32. The highest BCUT2D eigenvalue weighted by Crippen LogP contribution is 2.30. The normalized spacial score (nSPS) is 14.5. The summed E-state index contributed by atoms with van der Waals surface area (Å²) in [5.74, 6) is -0.109. The zero-order chi connectivity index (χ0) is 16.4. The van der Waals surface area contributed by atoms with E-state index in [0.717, 1.165) is 24.7 Å². The first kappa shape index (κ1) is 15.7. The second-order valence-electron chi connectivity index (χ2n) is 5.95. The van der Waals surface area contributed by atoms with Gasteiger partial charge in [0, 0.05) is 24.4 Å². The van der Waals surface area contributed by atoms with E-state index in [0.29, 0.717) is 12.1 Å². The van der Waals surface area contributed by atoms with Crippen molar-refractivity contribution < 1.29 is 13.2 Å². The molecular weight excluding hydrogens is 310 g/mol. The topological polar surface area (TPSA) is 54.5 Å². The van der Waals surface area contributed by atoms with Crippen LogP contribution in [0, 0.1) is 0 Å². The Labute approximate surface area is 136 Å². The van der Waals surface area contributed by atoms with Gasteiger partial charge in [0.1, 0.15) is 0 Å². The Morgan fingerprint density at radius 1 is 1.09 bits per heavy atom. The second kappa shape index (κ2) is 6.16. The van der Waals surface area contributed by atoms with E-state index >= 15 is 0 Å². The summed E-state index contributed by atoms with van der Waals surface area (Å²) in [4.78, 5) is 14.9. The molecule has 1 saturated carbocycles. The van der Waals surface area contributed by atoms with Crippen LogP contribution >= 0.6 is 0 Å². The summed E-state index contributed by atoms with van der Waals surface area (Å²) in [7, 11) is -3.32. The van der Waals surface area contributed by atoms with Crippen molar-refractivity contribution in [2.75, 3.05) is 6.26 Å². The molecule has 120 valence electrons. The number of rotatable bonds is 5. The molecule has 1 aliphatic carbocycles. The van der Waals surface area contributed by atoms with Gasteiger partial charge in [-0.05, 0) is 36.6 Å². The number of hydrogen-bond donors (Lipinski definition) is 0. The van der Waals surface area contributed by atoms with Gasteiger partial charge in [-0.2, -0.15) is 0 Å². The SMILES string of the molecule is CS(=O)(=O)c1cccc(C(=O)N(Cc2ccccc2)C2CC2)c1. The molecule has 0 N–H and O–H groups in total. The first-order valence-electron chi connectivity index (χ1n) is 7.60. The number of sulfone groups is 1. The molecule has 0 heterocycles. The quantitative estimate of drug-likeness (QED) is 0.847. The van der Waals surface area contributed by atoms with Crippen molar-refractivity contribution >= 4 is 15.7 Å². The maximum Gasteiger partial charge on any atom is 0.254 e. The Hall–Kier alpha value is -2.14. The fourth-order valence-corrected chi connectivity index (χ4v) is 3.23. The summed E-state index contributed by atoms with van der Waals surface area (Å²) in [6, 6.07) is 16.4. The third kappa shape index (κ3) is 3.79. The molecule has 2 aromatic carbocycles. The summed E-state index contributed by atoms with van der Waals surface area (Å²) in [6.07, 6.45) is 3.16. The minimum absolute atomic E-state index is 0.109. The van der Waals surface area contributed by atoms with Crippen molar-refractivity contribution in [2.45, 2.75) is 30.3 Å². The molecule has 23 heavy (non-hydrogen) atoms. The first-order chi connectivity index (χ1) is 10.9. The minimum atomic E-state index is -3.32. The van der Waals surface area contributed by atoms with Gasteiger partial charge in [0.05, 0.1) is 4.90 Å². The molecule has 0 unspecified atom stereocenters. The lowest BCUT2D eigenvalue weighted by atomic mass is 10.1. The van der Waals surface area contributed by atoms with Crippen LogP contribution in [0.3, 0.4) is 0 Å². The molecule has 0 bridgehead atoms. The highest BCUT2D eigenvalue weighted by Gasteiger charge is 2.33. The molecule has 1 amide bonds. The first-order valence-corrected chi connectivity index (χ1v) is 9.49. The van der Waals surface area contributed by atoms with Crippen molar-refractivity contribution in [3.8, 4) is 0 Å². The maximum absolute atomic E-state index is 12.8. The Bertz CT molecular complexity index is 811. The van der Waals surface area contributed by atoms with Crippen LogP contribution in [0.2, 0.25) is 0 Å². The summed E-state index contributed by atoms with van der Waals surface area (Å²) in [5.41, 5.74) is 1.50. The van der Waals surface area contributed by atoms with E-state index in [2.05, 4.69) is 0 Å². The molecule has 2 aromatic rings. The van der Waals surface area contributed by atoms with Crippen LogP contribution in [0.1, 0.15) is 28.8 Å². The van der Waals surface area contributed by atoms with Gasteiger partial charge < -0.3 is 4.90 Å². The molecule has 0 saturated heterocycles. The second-order valence-corrected chi connectivity index (χ2v) is 7.97. The van der Waals surface area contributed by atoms with E-state index < -0.39 is 9.84 Å². The fraction of sp³-hybridized carbons (Fsp3) is 0.278. The van der Waals surface area contributed by atoms with Gasteiger partial charge in [-0.25, -0.2) is 8.42 Å². The van der Waals surface area contributed by atoms with Gasteiger partial charge >= 0.3 is 0 Å². The van der Waals surface area contributed by atoms with Crippen LogP contribution in [-0.2, 0) is 16.4 Å². The molecule has 3 rings (SSSR count).